The maximum Gasteiger partial charge on any atom is 0.230 e. The van der Waals surface area contributed by atoms with Gasteiger partial charge in [-0.3, -0.25) is 4.79 Å². The molecule has 110 valence electrons. The van der Waals surface area contributed by atoms with Crippen LogP contribution in [0.2, 0.25) is 0 Å². The van der Waals surface area contributed by atoms with Gasteiger partial charge < -0.3 is 15.8 Å². The topological polar surface area (TPSA) is 64.3 Å². The molecule has 1 aliphatic rings. The van der Waals surface area contributed by atoms with E-state index in [2.05, 4.69) is 37.4 Å². The van der Waals surface area contributed by atoms with Crippen molar-refractivity contribution in [3.8, 4) is 0 Å². The van der Waals surface area contributed by atoms with Gasteiger partial charge in [0.1, 0.15) is 0 Å². The highest BCUT2D eigenvalue weighted by atomic mass is 16.5. The van der Waals surface area contributed by atoms with Gasteiger partial charge in [-0.2, -0.15) is 0 Å². The van der Waals surface area contributed by atoms with Crippen LogP contribution in [0.15, 0.2) is 18.2 Å². The molecule has 1 aromatic carbocycles. The Balaban J connectivity index is 2.13. The van der Waals surface area contributed by atoms with Crippen LogP contribution in [0.5, 0.6) is 0 Å². The van der Waals surface area contributed by atoms with Crippen molar-refractivity contribution in [1.82, 2.24) is 5.32 Å². The van der Waals surface area contributed by atoms with Gasteiger partial charge in [0.15, 0.2) is 0 Å². The third-order valence-electron chi connectivity index (χ3n) is 4.29. The largest absolute Gasteiger partial charge is 0.379 e. The Morgan fingerprint density at radius 2 is 2.20 bits per heavy atom. The fourth-order valence-electron chi connectivity index (χ4n) is 2.59. The average molecular weight is 276 g/mol. The first-order valence-electron chi connectivity index (χ1n) is 7.06. The van der Waals surface area contributed by atoms with Gasteiger partial charge in [0.25, 0.3) is 0 Å². The van der Waals surface area contributed by atoms with E-state index in [0.717, 1.165) is 5.56 Å². The standard InChI is InChI=1S/C16H24N2O2/c1-10-5-6-11(2)13(7-10)12(3)18-15(19)16(4)9-20-8-14(16)17/h5-7,12,14H,8-9,17H2,1-4H3,(H,18,19). The van der Waals surface area contributed by atoms with Crippen LogP contribution in [0.4, 0.5) is 0 Å². The van der Waals surface area contributed by atoms with Crippen LogP contribution >= 0.6 is 0 Å². The molecule has 3 unspecified atom stereocenters. The third-order valence-corrected chi connectivity index (χ3v) is 4.29. The maximum atomic E-state index is 12.5. The number of carbonyl (C=O) groups excluding carboxylic acids is 1. The van der Waals surface area contributed by atoms with Gasteiger partial charge in [-0.25, -0.2) is 0 Å². The van der Waals surface area contributed by atoms with Gasteiger partial charge in [-0.05, 0) is 38.8 Å². The van der Waals surface area contributed by atoms with E-state index in [9.17, 15) is 4.79 Å². The summed E-state index contributed by atoms with van der Waals surface area (Å²) >= 11 is 0. The van der Waals surface area contributed by atoms with Crippen molar-refractivity contribution < 1.29 is 9.53 Å². The number of benzene rings is 1. The lowest BCUT2D eigenvalue weighted by atomic mass is 9.84. The minimum Gasteiger partial charge on any atom is -0.379 e. The molecule has 3 N–H and O–H groups in total. The van der Waals surface area contributed by atoms with E-state index < -0.39 is 5.41 Å². The number of aryl methyl sites for hydroxylation is 2. The number of hydrogen-bond acceptors (Lipinski definition) is 3. The highest BCUT2D eigenvalue weighted by molar-refractivity contribution is 5.84. The van der Waals surface area contributed by atoms with E-state index in [0.29, 0.717) is 13.2 Å². The number of rotatable bonds is 3. The molecule has 4 heteroatoms. The minimum atomic E-state index is -0.633. The Hall–Kier alpha value is -1.39. The Kier molecular flexibility index (Phi) is 4.16. The van der Waals surface area contributed by atoms with Crippen LogP contribution in [0.25, 0.3) is 0 Å². The van der Waals surface area contributed by atoms with Gasteiger partial charge in [-0.1, -0.05) is 23.8 Å². The maximum absolute atomic E-state index is 12.5. The zero-order chi connectivity index (χ0) is 14.9. The van der Waals surface area contributed by atoms with E-state index in [1.54, 1.807) is 0 Å². The number of amides is 1. The van der Waals surface area contributed by atoms with Crippen LogP contribution in [-0.2, 0) is 9.53 Å². The normalized spacial score (nSPS) is 27.4. The second-order valence-electron chi connectivity index (χ2n) is 6.09. The molecule has 1 heterocycles. The quantitative estimate of drug-likeness (QED) is 0.885. The summed E-state index contributed by atoms with van der Waals surface area (Å²) in [6.45, 7) is 8.82. The highest BCUT2D eigenvalue weighted by Gasteiger charge is 2.44. The van der Waals surface area contributed by atoms with Crippen molar-refractivity contribution in [2.75, 3.05) is 13.2 Å². The Labute approximate surface area is 120 Å². The molecule has 0 radical (unpaired) electrons. The summed E-state index contributed by atoms with van der Waals surface area (Å²) in [7, 11) is 0. The van der Waals surface area contributed by atoms with Crippen LogP contribution in [0, 0.1) is 19.3 Å². The molecular weight excluding hydrogens is 252 g/mol. The Bertz CT molecular complexity index is 515. The molecule has 0 saturated carbocycles. The summed E-state index contributed by atoms with van der Waals surface area (Å²) in [5.74, 6) is -0.0316. The summed E-state index contributed by atoms with van der Waals surface area (Å²) < 4.78 is 5.34. The highest BCUT2D eigenvalue weighted by Crippen LogP contribution is 2.29. The molecule has 1 aromatic rings. The zero-order valence-corrected chi connectivity index (χ0v) is 12.7. The van der Waals surface area contributed by atoms with Gasteiger partial charge in [0, 0.05) is 6.04 Å². The van der Waals surface area contributed by atoms with Crippen LogP contribution in [-0.4, -0.2) is 25.2 Å². The van der Waals surface area contributed by atoms with E-state index in [-0.39, 0.29) is 18.0 Å². The molecule has 4 nitrogen and oxygen atoms in total. The van der Waals surface area contributed by atoms with Crippen molar-refractivity contribution >= 4 is 5.91 Å². The first kappa shape index (κ1) is 15.0. The van der Waals surface area contributed by atoms with Crippen molar-refractivity contribution in [1.29, 1.82) is 0 Å². The summed E-state index contributed by atoms with van der Waals surface area (Å²) in [5, 5.41) is 3.08. The molecule has 0 aromatic heterocycles. The fraction of sp³-hybridized carbons (Fsp3) is 0.562. The molecule has 2 rings (SSSR count). The SMILES string of the molecule is Cc1ccc(C)c(C(C)NC(=O)C2(C)COCC2N)c1. The van der Waals surface area contributed by atoms with E-state index in [1.165, 1.54) is 11.1 Å². The summed E-state index contributed by atoms with van der Waals surface area (Å²) in [5.41, 5.74) is 8.89. The third kappa shape index (κ3) is 2.72. The number of nitrogens with two attached hydrogens (primary N) is 1. The average Bonchev–Trinajstić information content (AvgIpc) is 2.73. The lowest BCUT2D eigenvalue weighted by molar-refractivity contribution is -0.131. The zero-order valence-electron chi connectivity index (χ0n) is 12.7. The van der Waals surface area contributed by atoms with Crippen LogP contribution in [0.3, 0.4) is 0 Å². The Morgan fingerprint density at radius 1 is 1.50 bits per heavy atom. The summed E-state index contributed by atoms with van der Waals surface area (Å²) in [6.07, 6.45) is 0. The first-order valence-corrected chi connectivity index (χ1v) is 7.06. The second-order valence-corrected chi connectivity index (χ2v) is 6.09. The summed E-state index contributed by atoms with van der Waals surface area (Å²) in [6, 6.07) is 6.00. The number of hydrogen-bond donors (Lipinski definition) is 2. The van der Waals surface area contributed by atoms with E-state index in [1.807, 2.05) is 13.8 Å². The van der Waals surface area contributed by atoms with E-state index in [4.69, 9.17) is 10.5 Å². The number of ether oxygens (including phenoxy) is 1. The molecular formula is C16H24N2O2. The van der Waals surface area contributed by atoms with Gasteiger partial charge in [0.05, 0.1) is 24.7 Å². The molecule has 20 heavy (non-hydrogen) atoms. The molecule has 1 saturated heterocycles. The summed E-state index contributed by atoms with van der Waals surface area (Å²) in [4.78, 5) is 12.5. The van der Waals surface area contributed by atoms with Crippen molar-refractivity contribution in [3.05, 3.63) is 34.9 Å². The molecule has 3 atom stereocenters. The predicted octanol–water partition coefficient (Wildman–Crippen LogP) is 1.84. The first-order chi connectivity index (χ1) is 9.34. The number of carbonyl (C=O) groups is 1. The van der Waals surface area contributed by atoms with Crippen LogP contribution < -0.4 is 11.1 Å². The Morgan fingerprint density at radius 3 is 2.80 bits per heavy atom. The molecule has 1 amide bonds. The van der Waals surface area contributed by atoms with E-state index >= 15 is 0 Å². The molecule has 1 fully saturated rings. The number of nitrogens with one attached hydrogen (secondary N) is 1. The molecule has 0 aliphatic carbocycles. The minimum absolute atomic E-state index is 0.0316. The smallest absolute Gasteiger partial charge is 0.230 e. The monoisotopic (exact) mass is 276 g/mol. The van der Waals surface area contributed by atoms with Crippen LogP contribution in [0.1, 0.15) is 36.6 Å². The lowest BCUT2D eigenvalue weighted by Crippen LogP contribution is -2.50. The second kappa shape index (κ2) is 5.54. The van der Waals surface area contributed by atoms with Crippen molar-refractivity contribution in [2.24, 2.45) is 11.1 Å². The van der Waals surface area contributed by atoms with Crippen molar-refractivity contribution in [2.45, 2.75) is 39.8 Å². The molecule has 1 aliphatic heterocycles. The van der Waals surface area contributed by atoms with Gasteiger partial charge in [-0.15, -0.1) is 0 Å². The van der Waals surface area contributed by atoms with Gasteiger partial charge in [0.2, 0.25) is 5.91 Å². The molecule has 0 bridgehead atoms. The van der Waals surface area contributed by atoms with Gasteiger partial charge >= 0.3 is 0 Å². The fourth-order valence-corrected chi connectivity index (χ4v) is 2.59. The predicted molar refractivity (Wildman–Crippen MR) is 79.4 cm³/mol. The lowest BCUT2D eigenvalue weighted by Gasteiger charge is -2.28. The van der Waals surface area contributed by atoms with Crippen molar-refractivity contribution in [3.63, 3.8) is 0 Å². The molecule has 0 spiro atoms.